The van der Waals surface area contributed by atoms with Gasteiger partial charge in [0.2, 0.25) is 0 Å². The van der Waals surface area contributed by atoms with Gasteiger partial charge in [0.25, 0.3) is 11.8 Å². The quantitative estimate of drug-likeness (QED) is 0.733. The Hall–Kier alpha value is -2.89. The lowest BCUT2D eigenvalue weighted by molar-refractivity contribution is 0.0639. The average molecular weight is 436 g/mol. The largest absolute Gasteiger partial charge is 0.336 e. The number of carbonyl (C=O) groups is 2. The van der Waals surface area contributed by atoms with Gasteiger partial charge in [0.05, 0.1) is 17.3 Å². The predicted octanol–water partition coefficient (Wildman–Crippen LogP) is 3.27. The molecule has 1 aromatic carbocycles. The first kappa shape index (κ1) is 21.3. The van der Waals surface area contributed by atoms with Crippen molar-refractivity contribution in [3.8, 4) is 6.07 Å². The number of nitrogens with zero attached hydrogens (tertiary/aromatic N) is 5. The second-order valence-corrected chi connectivity index (χ2v) is 8.98. The highest BCUT2D eigenvalue weighted by Crippen LogP contribution is 2.41. The molecular weight excluding hydrogens is 410 g/mol. The normalized spacial score (nSPS) is 16.5. The minimum Gasteiger partial charge on any atom is -0.336 e. The third-order valence-corrected chi connectivity index (χ3v) is 6.67. The molecule has 2 aliphatic rings. The van der Waals surface area contributed by atoms with E-state index in [4.69, 9.17) is 5.26 Å². The zero-order valence-corrected chi connectivity index (χ0v) is 18.6. The summed E-state index contributed by atoms with van der Waals surface area (Å²) in [7, 11) is 0. The third kappa shape index (κ3) is 4.29. The molecule has 0 aliphatic carbocycles. The monoisotopic (exact) mass is 435 g/mol. The van der Waals surface area contributed by atoms with E-state index in [2.05, 4.69) is 16.0 Å². The van der Waals surface area contributed by atoms with Crippen molar-refractivity contribution in [3.63, 3.8) is 0 Å². The van der Waals surface area contributed by atoms with Gasteiger partial charge in [-0.3, -0.25) is 14.5 Å². The molecule has 2 aliphatic heterocycles. The third-order valence-electron chi connectivity index (χ3n) is 5.61. The number of pyridine rings is 1. The van der Waals surface area contributed by atoms with Crippen LogP contribution in [0.3, 0.4) is 0 Å². The second-order valence-electron chi connectivity index (χ2n) is 7.95. The first-order valence-corrected chi connectivity index (χ1v) is 11.3. The first-order valence-electron chi connectivity index (χ1n) is 10.5. The van der Waals surface area contributed by atoms with E-state index in [1.807, 2.05) is 36.9 Å². The SMILES string of the molecule is CC(C)N1C(=O)c2cccnc2Sc2cc(C(=O)N3CCN(CCC#N)CC3)ccc21. The summed E-state index contributed by atoms with van der Waals surface area (Å²) in [6.45, 7) is 7.57. The maximum Gasteiger partial charge on any atom is 0.261 e. The van der Waals surface area contributed by atoms with Crippen LogP contribution in [0.5, 0.6) is 0 Å². The van der Waals surface area contributed by atoms with Crippen LogP contribution >= 0.6 is 11.8 Å². The van der Waals surface area contributed by atoms with Gasteiger partial charge < -0.3 is 9.80 Å². The van der Waals surface area contributed by atoms with E-state index in [0.29, 0.717) is 35.7 Å². The molecule has 0 bridgehead atoms. The van der Waals surface area contributed by atoms with Crippen molar-refractivity contribution in [3.05, 3.63) is 47.7 Å². The Morgan fingerprint density at radius 1 is 1.23 bits per heavy atom. The zero-order valence-electron chi connectivity index (χ0n) is 17.7. The topological polar surface area (TPSA) is 80.5 Å². The lowest BCUT2D eigenvalue weighted by atomic mass is 10.1. The maximum absolute atomic E-state index is 13.2. The molecule has 0 radical (unpaired) electrons. The Labute approximate surface area is 186 Å². The summed E-state index contributed by atoms with van der Waals surface area (Å²) in [5.41, 5.74) is 2.01. The Morgan fingerprint density at radius 3 is 2.71 bits per heavy atom. The minimum atomic E-state index is -0.0723. The number of carbonyl (C=O) groups excluding carboxylic acids is 2. The predicted molar refractivity (Wildman–Crippen MR) is 119 cm³/mol. The van der Waals surface area contributed by atoms with Crippen LogP contribution in [0.15, 0.2) is 46.5 Å². The molecule has 7 nitrogen and oxygen atoms in total. The molecule has 8 heteroatoms. The highest BCUT2D eigenvalue weighted by molar-refractivity contribution is 7.99. The van der Waals surface area contributed by atoms with E-state index < -0.39 is 0 Å². The molecule has 3 heterocycles. The molecule has 2 aromatic rings. The van der Waals surface area contributed by atoms with Gasteiger partial charge in [-0.25, -0.2) is 4.98 Å². The van der Waals surface area contributed by atoms with E-state index in [1.165, 1.54) is 11.8 Å². The van der Waals surface area contributed by atoms with Gasteiger partial charge in [-0.05, 0) is 44.2 Å². The molecule has 1 aromatic heterocycles. The maximum atomic E-state index is 13.2. The van der Waals surface area contributed by atoms with Crippen molar-refractivity contribution in [2.45, 2.75) is 36.2 Å². The molecule has 1 fully saturated rings. The molecule has 1 saturated heterocycles. The first-order chi connectivity index (χ1) is 15.0. The summed E-state index contributed by atoms with van der Waals surface area (Å²) in [5.74, 6) is -0.0758. The molecule has 4 rings (SSSR count). The van der Waals surface area contributed by atoms with Crippen molar-refractivity contribution >= 4 is 29.3 Å². The van der Waals surface area contributed by atoms with E-state index in [1.54, 1.807) is 23.2 Å². The molecule has 0 saturated carbocycles. The summed E-state index contributed by atoms with van der Waals surface area (Å²) >= 11 is 1.43. The fourth-order valence-corrected chi connectivity index (χ4v) is 5.03. The van der Waals surface area contributed by atoms with E-state index in [9.17, 15) is 9.59 Å². The standard InChI is InChI=1S/C23H25N5O2S/c1-16(2)28-19-7-6-17(22(29)27-13-11-26(12-14-27)10-4-8-24)15-20(19)31-21-18(23(28)30)5-3-9-25-21/h3,5-7,9,15-16H,4,10-14H2,1-2H3. The summed E-state index contributed by atoms with van der Waals surface area (Å²) in [5, 5.41) is 9.42. The van der Waals surface area contributed by atoms with Gasteiger partial charge in [0.15, 0.2) is 0 Å². The summed E-state index contributed by atoms with van der Waals surface area (Å²) in [4.78, 5) is 37.5. The molecule has 0 spiro atoms. The van der Waals surface area contributed by atoms with Crippen molar-refractivity contribution in [1.82, 2.24) is 14.8 Å². The summed E-state index contributed by atoms with van der Waals surface area (Å²) in [6.07, 6.45) is 2.20. The highest BCUT2D eigenvalue weighted by atomic mass is 32.2. The smallest absolute Gasteiger partial charge is 0.261 e. The van der Waals surface area contributed by atoms with Crippen molar-refractivity contribution in [1.29, 1.82) is 5.26 Å². The number of hydrogen-bond acceptors (Lipinski definition) is 6. The highest BCUT2D eigenvalue weighted by Gasteiger charge is 2.31. The number of aromatic nitrogens is 1. The lowest BCUT2D eigenvalue weighted by Gasteiger charge is -2.34. The van der Waals surface area contributed by atoms with Crippen LogP contribution < -0.4 is 4.90 Å². The number of anilines is 1. The molecule has 0 atom stereocenters. The van der Waals surface area contributed by atoms with Crippen LogP contribution in [0.25, 0.3) is 0 Å². The second kappa shape index (κ2) is 9.08. The number of fused-ring (bicyclic) bond motifs is 2. The Bertz CT molecular complexity index is 1040. The number of rotatable bonds is 4. The molecule has 31 heavy (non-hydrogen) atoms. The van der Waals surface area contributed by atoms with Gasteiger partial charge >= 0.3 is 0 Å². The van der Waals surface area contributed by atoms with E-state index >= 15 is 0 Å². The Kier molecular flexibility index (Phi) is 6.25. The van der Waals surface area contributed by atoms with Crippen LogP contribution in [0, 0.1) is 11.3 Å². The Balaban J connectivity index is 1.60. The molecule has 2 amide bonds. The van der Waals surface area contributed by atoms with Crippen LogP contribution in [0.2, 0.25) is 0 Å². The van der Waals surface area contributed by atoms with Gasteiger partial charge in [-0.1, -0.05) is 11.8 Å². The van der Waals surface area contributed by atoms with Gasteiger partial charge in [-0.2, -0.15) is 5.26 Å². The average Bonchev–Trinajstić information content (AvgIpc) is 2.90. The molecular formula is C23H25N5O2S. The molecule has 0 N–H and O–H groups in total. The minimum absolute atomic E-state index is 0.00347. The van der Waals surface area contributed by atoms with Gasteiger partial charge in [0, 0.05) is 61.8 Å². The van der Waals surface area contributed by atoms with Crippen LogP contribution in [0.4, 0.5) is 5.69 Å². The fourth-order valence-electron chi connectivity index (χ4n) is 3.98. The fraction of sp³-hybridized carbons (Fsp3) is 0.391. The van der Waals surface area contributed by atoms with Crippen molar-refractivity contribution in [2.24, 2.45) is 0 Å². The number of benzene rings is 1. The van der Waals surface area contributed by atoms with E-state index in [0.717, 1.165) is 30.2 Å². The number of nitriles is 1. The zero-order chi connectivity index (χ0) is 22.0. The van der Waals surface area contributed by atoms with Crippen molar-refractivity contribution < 1.29 is 9.59 Å². The Morgan fingerprint density at radius 2 is 2.00 bits per heavy atom. The summed E-state index contributed by atoms with van der Waals surface area (Å²) < 4.78 is 0. The number of amides is 2. The number of hydrogen-bond donors (Lipinski definition) is 0. The molecule has 0 unspecified atom stereocenters. The van der Waals surface area contributed by atoms with Gasteiger partial charge in [-0.15, -0.1) is 0 Å². The van der Waals surface area contributed by atoms with Crippen LogP contribution in [-0.2, 0) is 0 Å². The van der Waals surface area contributed by atoms with Crippen molar-refractivity contribution in [2.75, 3.05) is 37.6 Å². The van der Waals surface area contributed by atoms with Gasteiger partial charge in [0.1, 0.15) is 5.03 Å². The lowest BCUT2D eigenvalue weighted by Crippen LogP contribution is -2.48. The molecule has 160 valence electrons. The summed E-state index contributed by atoms with van der Waals surface area (Å²) in [6, 6.07) is 11.3. The van der Waals surface area contributed by atoms with Crippen LogP contribution in [0.1, 0.15) is 41.0 Å². The van der Waals surface area contributed by atoms with Crippen LogP contribution in [-0.4, -0.2) is 65.4 Å². The number of piperazine rings is 1. The van der Waals surface area contributed by atoms with E-state index in [-0.39, 0.29) is 17.9 Å².